The number of methoxy groups -OCH3 is 1. The molecule has 2 aliphatic carbocycles. The van der Waals surface area contributed by atoms with Crippen molar-refractivity contribution in [3.8, 4) is 0 Å². The first-order chi connectivity index (χ1) is 20.3. The third-order valence-electron chi connectivity index (χ3n) is 7.82. The number of ether oxygens (including phenoxy) is 1. The Balaban J connectivity index is 1.29. The quantitative estimate of drug-likeness (QED) is 0.144. The highest BCUT2D eigenvalue weighted by atomic mass is 32.2. The van der Waals surface area contributed by atoms with Crippen molar-refractivity contribution in [2.24, 2.45) is 15.7 Å². The molecule has 1 heterocycles. The standard InChI is InChI=1S/C30H42N6O5S/c1-19-26(29(40)33-18-16-25(38)41-2)42-30(36(19)23-14-15-23)35-28(39)21-12-10-20(11-13-21)27(31)32-17-6-9-24(37)34-22-7-4-3-5-8-22/h10-13,19,22-23,26H,3-9,14-18H2,1-2H3,(H2,31,32)(H,33,40)(H,34,37). The van der Waals surface area contributed by atoms with Gasteiger partial charge in [-0.25, -0.2) is 0 Å². The summed E-state index contributed by atoms with van der Waals surface area (Å²) in [6.45, 7) is 2.60. The van der Waals surface area contributed by atoms with E-state index in [4.69, 9.17) is 5.73 Å². The van der Waals surface area contributed by atoms with Crippen molar-refractivity contribution in [3.05, 3.63) is 35.4 Å². The molecule has 0 spiro atoms. The van der Waals surface area contributed by atoms with Crippen LogP contribution in [-0.2, 0) is 19.1 Å². The minimum atomic E-state index is -0.438. The topological polar surface area (TPSA) is 156 Å². The normalized spacial score (nSPS) is 22.2. The molecular weight excluding hydrogens is 556 g/mol. The highest BCUT2D eigenvalue weighted by Crippen LogP contribution is 2.40. The molecule has 0 aromatic heterocycles. The van der Waals surface area contributed by atoms with E-state index in [1.807, 2.05) is 6.92 Å². The van der Waals surface area contributed by atoms with Crippen LogP contribution in [0.25, 0.3) is 0 Å². The maximum atomic E-state index is 13.1. The first kappa shape index (κ1) is 31.5. The van der Waals surface area contributed by atoms with Crippen LogP contribution in [0.4, 0.5) is 0 Å². The Morgan fingerprint density at radius 3 is 2.38 bits per heavy atom. The molecule has 2 saturated carbocycles. The van der Waals surface area contributed by atoms with E-state index < -0.39 is 11.2 Å². The molecule has 3 aliphatic rings. The van der Waals surface area contributed by atoms with E-state index in [-0.39, 0.29) is 42.8 Å². The number of thioether (sulfide) groups is 1. The molecule has 2 unspecified atom stereocenters. The molecule has 228 valence electrons. The van der Waals surface area contributed by atoms with Gasteiger partial charge in [-0.1, -0.05) is 43.2 Å². The van der Waals surface area contributed by atoms with E-state index in [0.29, 0.717) is 47.6 Å². The van der Waals surface area contributed by atoms with Gasteiger partial charge < -0.3 is 26.0 Å². The number of rotatable bonds is 12. The van der Waals surface area contributed by atoms with Crippen LogP contribution in [0.5, 0.6) is 0 Å². The molecule has 1 saturated heterocycles. The molecule has 1 aliphatic heterocycles. The number of esters is 1. The molecule has 4 rings (SSSR count). The molecule has 1 aromatic rings. The van der Waals surface area contributed by atoms with Crippen LogP contribution in [0.1, 0.15) is 87.1 Å². The lowest BCUT2D eigenvalue weighted by Crippen LogP contribution is -2.43. The van der Waals surface area contributed by atoms with Crippen LogP contribution >= 0.6 is 11.8 Å². The van der Waals surface area contributed by atoms with Gasteiger partial charge in [0, 0.05) is 48.8 Å². The van der Waals surface area contributed by atoms with Crippen LogP contribution in [-0.4, -0.2) is 83.2 Å². The number of nitrogens with one attached hydrogen (secondary N) is 2. The van der Waals surface area contributed by atoms with Gasteiger partial charge in [0.2, 0.25) is 11.8 Å². The van der Waals surface area contributed by atoms with Gasteiger partial charge in [0.1, 0.15) is 11.1 Å². The zero-order valence-electron chi connectivity index (χ0n) is 24.5. The zero-order valence-corrected chi connectivity index (χ0v) is 25.3. The molecule has 3 fully saturated rings. The van der Waals surface area contributed by atoms with Gasteiger partial charge in [0.05, 0.1) is 13.5 Å². The molecule has 3 amide bonds. The Hall–Kier alpha value is -3.41. The van der Waals surface area contributed by atoms with Gasteiger partial charge in [-0.2, -0.15) is 4.99 Å². The summed E-state index contributed by atoms with van der Waals surface area (Å²) in [6, 6.07) is 7.26. The largest absolute Gasteiger partial charge is 0.469 e. The highest BCUT2D eigenvalue weighted by Gasteiger charge is 2.46. The number of amidine groups is 2. The fraction of sp³-hybridized carbons (Fsp3) is 0.600. The fourth-order valence-corrected chi connectivity index (χ4v) is 6.61. The Labute approximate surface area is 251 Å². The SMILES string of the molecule is COC(=O)CCNC(=O)C1SC(=NC(=O)c2ccc(C(N)=NCCCC(=O)NC3CCCCC3)cc2)N(C2CC2)C1C. The van der Waals surface area contributed by atoms with E-state index in [1.165, 1.54) is 38.1 Å². The lowest BCUT2D eigenvalue weighted by molar-refractivity contribution is -0.140. The van der Waals surface area contributed by atoms with E-state index in [0.717, 1.165) is 25.7 Å². The van der Waals surface area contributed by atoms with Gasteiger partial charge in [0.25, 0.3) is 5.91 Å². The predicted octanol–water partition coefficient (Wildman–Crippen LogP) is 2.76. The summed E-state index contributed by atoms with van der Waals surface area (Å²) in [6.07, 6.45) is 8.87. The summed E-state index contributed by atoms with van der Waals surface area (Å²) >= 11 is 1.28. The molecule has 1 aromatic carbocycles. The Bertz CT molecular complexity index is 1190. The van der Waals surface area contributed by atoms with Gasteiger partial charge in [0.15, 0.2) is 5.17 Å². The van der Waals surface area contributed by atoms with Crippen molar-refractivity contribution in [2.45, 2.75) is 94.5 Å². The van der Waals surface area contributed by atoms with Crippen molar-refractivity contribution in [1.82, 2.24) is 15.5 Å². The second-order valence-corrected chi connectivity index (χ2v) is 12.2. The summed E-state index contributed by atoms with van der Waals surface area (Å²) < 4.78 is 4.62. The number of carbonyl (C=O) groups excluding carboxylic acids is 4. The Kier molecular flexibility index (Phi) is 11.4. The van der Waals surface area contributed by atoms with E-state index >= 15 is 0 Å². The lowest BCUT2D eigenvalue weighted by atomic mass is 9.95. The Morgan fingerprint density at radius 1 is 1.02 bits per heavy atom. The summed E-state index contributed by atoms with van der Waals surface area (Å²) in [7, 11) is 1.31. The molecule has 0 radical (unpaired) electrons. The third-order valence-corrected chi connectivity index (χ3v) is 9.20. The molecule has 0 bridgehead atoms. The number of benzene rings is 1. The summed E-state index contributed by atoms with van der Waals surface area (Å²) in [5, 5.41) is 6.01. The van der Waals surface area contributed by atoms with Gasteiger partial charge in [-0.3, -0.25) is 24.2 Å². The number of amides is 3. The third kappa shape index (κ3) is 8.80. The highest BCUT2D eigenvalue weighted by molar-refractivity contribution is 8.15. The first-order valence-corrected chi connectivity index (χ1v) is 15.8. The number of nitrogens with zero attached hydrogens (tertiary/aromatic N) is 3. The van der Waals surface area contributed by atoms with Crippen molar-refractivity contribution in [3.63, 3.8) is 0 Å². The smallest absolute Gasteiger partial charge is 0.307 e. The summed E-state index contributed by atoms with van der Waals surface area (Å²) in [5.41, 5.74) is 7.26. The van der Waals surface area contributed by atoms with Gasteiger partial charge >= 0.3 is 5.97 Å². The molecule has 2 atom stereocenters. The number of hydrogen-bond acceptors (Lipinski definition) is 7. The number of carbonyl (C=O) groups is 4. The second-order valence-electron chi connectivity index (χ2n) is 11.1. The maximum Gasteiger partial charge on any atom is 0.307 e. The summed E-state index contributed by atoms with van der Waals surface area (Å²) in [5.74, 6) is -0.547. The number of nitrogens with two attached hydrogens (primary N) is 1. The molecular formula is C30H42N6O5S. The fourth-order valence-electron chi connectivity index (χ4n) is 5.29. The van der Waals surface area contributed by atoms with E-state index in [1.54, 1.807) is 24.3 Å². The Morgan fingerprint density at radius 2 is 1.71 bits per heavy atom. The number of hydrogen-bond donors (Lipinski definition) is 3. The minimum Gasteiger partial charge on any atom is -0.469 e. The average Bonchev–Trinajstić information content (AvgIpc) is 3.78. The van der Waals surface area contributed by atoms with Crippen molar-refractivity contribution in [2.75, 3.05) is 20.2 Å². The van der Waals surface area contributed by atoms with Gasteiger partial charge in [-0.15, -0.1) is 0 Å². The van der Waals surface area contributed by atoms with Crippen LogP contribution in [0.2, 0.25) is 0 Å². The monoisotopic (exact) mass is 598 g/mol. The minimum absolute atomic E-state index is 0.0701. The van der Waals surface area contributed by atoms with Crippen LogP contribution in [0, 0.1) is 0 Å². The van der Waals surface area contributed by atoms with Crippen LogP contribution in [0.15, 0.2) is 34.3 Å². The van der Waals surface area contributed by atoms with Crippen LogP contribution < -0.4 is 16.4 Å². The van der Waals surface area contributed by atoms with E-state index in [2.05, 4.69) is 30.3 Å². The van der Waals surface area contributed by atoms with Gasteiger partial charge in [-0.05, 0) is 51.2 Å². The van der Waals surface area contributed by atoms with Crippen LogP contribution in [0.3, 0.4) is 0 Å². The second kappa shape index (κ2) is 15.2. The molecule has 11 nitrogen and oxygen atoms in total. The maximum absolute atomic E-state index is 13.1. The molecule has 12 heteroatoms. The zero-order chi connectivity index (χ0) is 30.1. The molecule has 4 N–H and O–H groups in total. The van der Waals surface area contributed by atoms with Crippen molar-refractivity contribution in [1.29, 1.82) is 0 Å². The predicted molar refractivity (Wildman–Crippen MR) is 163 cm³/mol. The van der Waals surface area contributed by atoms with Crippen molar-refractivity contribution >= 4 is 46.5 Å². The average molecular weight is 599 g/mol. The van der Waals surface area contributed by atoms with Crippen molar-refractivity contribution < 1.29 is 23.9 Å². The van der Waals surface area contributed by atoms with E-state index in [9.17, 15) is 19.2 Å². The summed E-state index contributed by atoms with van der Waals surface area (Å²) in [4.78, 5) is 60.3. The molecule has 42 heavy (non-hydrogen) atoms. The first-order valence-electron chi connectivity index (χ1n) is 14.9. The lowest BCUT2D eigenvalue weighted by Gasteiger charge is -2.24. The number of aliphatic imine (C=N–C) groups is 2.